The standard InChI is InChI=1S/C19H18FN3O/c20-14-6-4-5-13(11-14)19(24)21-15-8-9-17-16(12-15)22-18-7-2-1-3-10-23(17)18/h4-6,8-9,11-12H,1-3,7,10H2,(H,21,24). The normalized spacial score (nSPS) is 14.2. The van der Waals surface area contributed by atoms with Crippen molar-refractivity contribution in [3.63, 3.8) is 0 Å². The number of carbonyl (C=O) groups is 1. The number of amides is 1. The molecule has 2 aromatic carbocycles. The van der Waals surface area contributed by atoms with E-state index >= 15 is 0 Å². The Balaban J connectivity index is 1.62. The van der Waals surface area contributed by atoms with Crippen LogP contribution in [0, 0.1) is 5.82 Å². The molecule has 3 aromatic rings. The monoisotopic (exact) mass is 323 g/mol. The molecule has 1 amide bonds. The lowest BCUT2D eigenvalue weighted by atomic mass is 10.2. The molecule has 1 aliphatic rings. The molecule has 1 N–H and O–H groups in total. The number of nitrogens with zero attached hydrogens (tertiary/aromatic N) is 2. The van der Waals surface area contributed by atoms with Crippen molar-refractivity contribution in [3.8, 4) is 0 Å². The number of hydrogen-bond acceptors (Lipinski definition) is 2. The first kappa shape index (κ1) is 14.9. The molecule has 0 unspecified atom stereocenters. The minimum atomic E-state index is -0.420. The Hall–Kier alpha value is -2.69. The number of fused-ring (bicyclic) bond motifs is 3. The summed E-state index contributed by atoms with van der Waals surface area (Å²) in [6, 6.07) is 11.4. The largest absolute Gasteiger partial charge is 0.328 e. The summed E-state index contributed by atoms with van der Waals surface area (Å²) >= 11 is 0. The van der Waals surface area contributed by atoms with Gasteiger partial charge in [-0.1, -0.05) is 12.5 Å². The molecule has 0 aliphatic carbocycles. The van der Waals surface area contributed by atoms with E-state index in [2.05, 4.69) is 9.88 Å². The molecule has 0 spiro atoms. The zero-order chi connectivity index (χ0) is 16.5. The lowest BCUT2D eigenvalue weighted by Gasteiger charge is -2.07. The third-order valence-corrected chi connectivity index (χ3v) is 4.45. The molecule has 0 atom stereocenters. The second-order valence-electron chi connectivity index (χ2n) is 6.16. The first-order valence-electron chi connectivity index (χ1n) is 8.27. The van der Waals surface area contributed by atoms with Crippen LogP contribution in [0.4, 0.5) is 10.1 Å². The Morgan fingerprint density at radius 1 is 1.12 bits per heavy atom. The number of imidazole rings is 1. The van der Waals surface area contributed by atoms with Gasteiger partial charge in [-0.05, 0) is 49.2 Å². The van der Waals surface area contributed by atoms with E-state index in [1.54, 1.807) is 6.07 Å². The lowest BCUT2D eigenvalue weighted by molar-refractivity contribution is 0.102. The van der Waals surface area contributed by atoms with Crippen molar-refractivity contribution in [1.29, 1.82) is 0 Å². The summed E-state index contributed by atoms with van der Waals surface area (Å²) in [6.07, 6.45) is 4.59. The fraction of sp³-hybridized carbons (Fsp3) is 0.263. The summed E-state index contributed by atoms with van der Waals surface area (Å²) in [6.45, 7) is 1.00. The van der Waals surface area contributed by atoms with Crippen molar-refractivity contribution in [1.82, 2.24) is 9.55 Å². The molecule has 0 radical (unpaired) electrons. The summed E-state index contributed by atoms with van der Waals surface area (Å²) in [5.41, 5.74) is 2.97. The topological polar surface area (TPSA) is 46.9 Å². The van der Waals surface area contributed by atoms with Gasteiger partial charge in [-0.3, -0.25) is 4.79 Å². The Bertz CT molecular complexity index is 916. The van der Waals surface area contributed by atoms with Gasteiger partial charge in [-0.25, -0.2) is 9.37 Å². The molecule has 0 saturated carbocycles. The summed E-state index contributed by atoms with van der Waals surface area (Å²) in [7, 11) is 0. The van der Waals surface area contributed by atoms with E-state index in [0.717, 1.165) is 29.8 Å². The maximum Gasteiger partial charge on any atom is 0.255 e. The van der Waals surface area contributed by atoms with Crippen LogP contribution in [0.2, 0.25) is 0 Å². The van der Waals surface area contributed by atoms with Gasteiger partial charge in [0.05, 0.1) is 11.0 Å². The molecule has 1 aliphatic heterocycles. The molecule has 0 fully saturated rings. The highest BCUT2D eigenvalue weighted by molar-refractivity contribution is 6.05. The zero-order valence-corrected chi connectivity index (χ0v) is 13.3. The van der Waals surface area contributed by atoms with Crippen LogP contribution in [0.1, 0.15) is 35.4 Å². The number of aryl methyl sites for hydroxylation is 2. The second kappa shape index (κ2) is 6.07. The number of hydrogen-bond donors (Lipinski definition) is 1. The van der Waals surface area contributed by atoms with E-state index in [4.69, 9.17) is 4.98 Å². The van der Waals surface area contributed by atoms with Crippen LogP contribution in [-0.4, -0.2) is 15.5 Å². The molecule has 4 nitrogen and oxygen atoms in total. The minimum Gasteiger partial charge on any atom is -0.328 e. The predicted octanol–water partition coefficient (Wildman–Crippen LogP) is 4.15. The van der Waals surface area contributed by atoms with Gasteiger partial charge in [0.25, 0.3) is 5.91 Å². The molecule has 0 saturated heterocycles. The highest BCUT2D eigenvalue weighted by Crippen LogP contribution is 2.24. The molecular weight excluding hydrogens is 305 g/mol. The van der Waals surface area contributed by atoms with Gasteiger partial charge in [-0.15, -0.1) is 0 Å². The molecule has 2 heterocycles. The van der Waals surface area contributed by atoms with E-state index < -0.39 is 5.82 Å². The zero-order valence-electron chi connectivity index (χ0n) is 13.3. The van der Waals surface area contributed by atoms with E-state index in [9.17, 15) is 9.18 Å². The van der Waals surface area contributed by atoms with Crippen LogP contribution in [0.3, 0.4) is 0 Å². The number of rotatable bonds is 2. The maximum absolute atomic E-state index is 13.2. The van der Waals surface area contributed by atoms with Gasteiger partial charge in [-0.2, -0.15) is 0 Å². The molecule has 4 rings (SSSR count). The van der Waals surface area contributed by atoms with Gasteiger partial charge in [0.2, 0.25) is 0 Å². The number of halogens is 1. The minimum absolute atomic E-state index is 0.302. The molecule has 122 valence electrons. The Kier molecular flexibility index (Phi) is 3.76. The quantitative estimate of drug-likeness (QED) is 0.770. The average Bonchev–Trinajstić information content (AvgIpc) is 2.75. The van der Waals surface area contributed by atoms with Crippen molar-refractivity contribution >= 4 is 22.6 Å². The summed E-state index contributed by atoms with van der Waals surface area (Å²) in [4.78, 5) is 17.0. The van der Waals surface area contributed by atoms with Gasteiger partial charge in [0.15, 0.2) is 0 Å². The van der Waals surface area contributed by atoms with Crippen molar-refractivity contribution in [3.05, 3.63) is 59.7 Å². The summed E-state index contributed by atoms with van der Waals surface area (Å²) < 4.78 is 15.5. The number of anilines is 1. The number of nitrogens with one attached hydrogen (secondary N) is 1. The summed E-state index contributed by atoms with van der Waals surface area (Å²) in [5.74, 6) is 0.377. The lowest BCUT2D eigenvalue weighted by Crippen LogP contribution is -2.12. The average molecular weight is 323 g/mol. The number of carbonyl (C=O) groups excluding carboxylic acids is 1. The highest BCUT2D eigenvalue weighted by atomic mass is 19.1. The molecule has 0 bridgehead atoms. The van der Waals surface area contributed by atoms with Crippen LogP contribution in [0.5, 0.6) is 0 Å². The number of aromatic nitrogens is 2. The van der Waals surface area contributed by atoms with E-state index in [-0.39, 0.29) is 5.91 Å². The first-order valence-corrected chi connectivity index (χ1v) is 8.27. The van der Waals surface area contributed by atoms with Gasteiger partial charge in [0.1, 0.15) is 11.6 Å². The van der Waals surface area contributed by atoms with Crippen LogP contribution in [0.15, 0.2) is 42.5 Å². The van der Waals surface area contributed by atoms with Crippen LogP contribution >= 0.6 is 0 Å². The molecule has 24 heavy (non-hydrogen) atoms. The van der Waals surface area contributed by atoms with Crippen molar-refractivity contribution in [2.45, 2.75) is 32.2 Å². The summed E-state index contributed by atoms with van der Waals surface area (Å²) in [5, 5.41) is 2.82. The highest BCUT2D eigenvalue weighted by Gasteiger charge is 2.14. The third-order valence-electron chi connectivity index (χ3n) is 4.45. The molecular formula is C19H18FN3O. The van der Waals surface area contributed by atoms with Gasteiger partial charge < -0.3 is 9.88 Å². The van der Waals surface area contributed by atoms with Crippen molar-refractivity contribution < 1.29 is 9.18 Å². The van der Waals surface area contributed by atoms with Crippen LogP contribution < -0.4 is 5.32 Å². The fourth-order valence-corrected chi connectivity index (χ4v) is 3.26. The van der Waals surface area contributed by atoms with Crippen molar-refractivity contribution in [2.75, 3.05) is 5.32 Å². The SMILES string of the molecule is O=C(Nc1ccc2c(c1)nc1n2CCCCC1)c1cccc(F)c1. The smallest absolute Gasteiger partial charge is 0.255 e. The van der Waals surface area contributed by atoms with E-state index in [0.29, 0.717) is 11.3 Å². The Labute approximate surface area is 139 Å². The predicted molar refractivity (Wildman–Crippen MR) is 91.6 cm³/mol. The van der Waals surface area contributed by atoms with E-state index in [1.165, 1.54) is 37.5 Å². The Morgan fingerprint density at radius 3 is 2.92 bits per heavy atom. The molecule has 5 heteroatoms. The first-order chi connectivity index (χ1) is 11.7. The van der Waals surface area contributed by atoms with Crippen molar-refractivity contribution in [2.24, 2.45) is 0 Å². The fourth-order valence-electron chi connectivity index (χ4n) is 3.26. The van der Waals surface area contributed by atoms with Gasteiger partial charge in [0, 0.05) is 24.2 Å². The number of benzene rings is 2. The third kappa shape index (κ3) is 2.77. The van der Waals surface area contributed by atoms with E-state index in [1.807, 2.05) is 18.2 Å². The van der Waals surface area contributed by atoms with Gasteiger partial charge >= 0.3 is 0 Å². The van der Waals surface area contributed by atoms with Crippen LogP contribution in [-0.2, 0) is 13.0 Å². The molecule has 1 aromatic heterocycles. The second-order valence-corrected chi connectivity index (χ2v) is 6.16. The maximum atomic E-state index is 13.2. The van der Waals surface area contributed by atoms with Crippen LogP contribution in [0.25, 0.3) is 11.0 Å². The Morgan fingerprint density at radius 2 is 2.04 bits per heavy atom.